The van der Waals surface area contributed by atoms with Gasteiger partial charge >= 0.3 is 12.4 Å². The highest BCUT2D eigenvalue weighted by Gasteiger charge is 2.31. The third kappa shape index (κ3) is 5.19. The summed E-state index contributed by atoms with van der Waals surface area (Å²) in [5, 5.41) is 1.28. The van der Waals surface area contributed by atoms with E-state index >= 15 is 0 Å². The normalized spacial score (nSPS) is 12.0. The van der Waals surface area contributed by atoms with E-state index in [0.717, 1.165) is 24.3 Å². The zero-order chi connectivity index (χ0) is 28.7. The van der Waals surface area contributed by atoms with Crippen LogP contribution in [-0.4, -0.2) is 19.2 Å². The average Bonchev–Trinajstić information content (AvgIpc) is 2.95. The van der Waals surface area contributed by atoms with Crippen LogP contribution < -0.4 is 9.47 Å². The summed E-state index contributed by atoms with van der Waals surface area (Å²) in [6.07, 6.45) is -9.07. The van der Waals surface area contributed by atoms with Gasteiger partial charge < -0.3 is 9.47 Å². The molecule has 0 aliphatic carbocycles. The quantitative estimate of drug-likeness (QED) is 0.203. The first kappa shape index (κ1) is 27.1. The summed E-state index contributed by atoms with van der Waals surface area (Å²) in [5.74, 6) is 1.12. The number of methoxy groups -OCH3 is 2. The predicted octanol–water partition coefficient (Wildman–Crippen LogP) is 9.29. The molecule has 0 spiro atoms. The topological polar surface area (TPSA) is 31.4 Å². The Kier molecular flexibility index (Phi) is 6.91. The predicted molar refractivity (Wildman–Crippen MR) is 141 cm³/mol. The summed E-state index contributed by atoms with van der Waals surface area (Å²) < 4.78 is 90.6. The molecule has 0 aliphatic rings. The largest absolute Gasteiger partial charge is 0.497 e. The van der Waals surface area contributed by atoms with Crippen LogP contribution in [0.5, 0.6) is 11.5 Å². The van der Waals surface area contributed by atoms with Gasteiger partial charge in [0.25, 0.3) is 0 Å². The highest BCUT2D eigenvalue weighted by Crippen LogP contribution is 2.43. The lowest BCUT2D eigenvalue weighted by Crippen LogP contribution is -2.05. The van der Waals surface area contributed by atoms with E-state index in [1.165, 1.54) is 38.5 Å². The summed E-state index contributed by atoms with van der Waals surface area (Å²) in [5.41, 5.74) is 1.13. The molecule has 3 nitrogen and oxygen atoms in total. The molecular formula is C31H21F6NO2. The Balaban J connectivity index is 1.84. The average molecular weight is 554 g/mol. The molecule has 5 aromatic rings. The van der Waals surface area contributed by atoms with Gasteiger partial charge in [-0.05, 0) is 77.7 Å². The van der Waals surface area contributed by atoms with Crippen LogP contribution in [0.25, 0.3) is 44.4 Å². The molecule has 0 N–H and O–H groups in total. The molecule has 0 amide bonds. The third-order valence-corrected chi connectivity index (χ3v) is 6.56. The van der Waals surface area contributed by atoms with Crippen LogP contribution in [0.3, 0.4) is 0 Å². The second kappa shape index (κ2) is 10.2. The molecule has 0 atom stereocenters. The molecular weight excluding hydrogens is 532 g/mol. The van der Waals surface area contributed by atoms with Crippen LogP contribution in [0.15, 0.2) is 91.0 Å². The molecule has 0 aliphatic heterocycles. The third-order valence-electron chi connectivity index (χ3n) is 6.56. The fourth-order valence-electron chi connectivity index (χ4n) is 4.53. The fraction of sp³-hybridized carbons (Fsp3) is 0.129. The number of nitrogens with zero attached hydrogens (tertiary/aromatic N) is 1. The second-order valence-corrected chi connectivity index (χ2v) is 8.97. The molecule has 0 unspecified atom stereocenters. The van der Waals surface area contributed by atoms with E-state index < -0.39 is 23.5 Å². The van der Waals surface area contributed by atoms with E-state index in [9.17, 15) is 26.3 Å². The van der Waals surface area contributed by atoms with E-state index in [-0.39, 0.29) is 0 Å². The molecule has 0 radical (unpaired) electrons. The van der Waals surface area contributed by atoms with Gasteiger partial charge in [-0.25, -0.2) is 4.98 Å². The van der Waals surface area contributed by atoms with E-state index in [2.05, 4.69) is 0 Å². The summed E-state index contributed by atoms with van der Waals surface area (Å²) in [6.45, 7) is 0. The standard InChI is InChI=1S/C31H21F6NO2/c1-39-23-13-7-19(8-14-23)28-25-16-15-24(40-2)17-26(25)27(18-3-9-21(10-4-18)30(32,33)34)29(38-28)20-5-11-22(12-6-20)31(35,36)37/h3-17H,1-2H3. The Labute approximate surface area is 225 Å². The van der Waals surface area contributed by atoms with Crippen molar-refractivity contribution in [3.05, 3.63) is 102 Å². The maximum atomic E-state index is 13.3. The van der Waals surface area contributed by atoms with Crippen molar-refractivity contribution in [3.63, 3.8) is 0 Å². The van der Waals surface area contributed by atoms with Gasteiger partial charge in [0.05, 0.1) is 36.7 Å². The lowest BCUT2D eigenvalue weighted by Gasteiger charge is -2.18. The smallest absolute Gasteiger partial charge is 0.416 e. The molecule has 0 saturated carbocycles. The van der Waals surface area contributed by atoms with Crippen molar-refractivity contribution in [2.75, 3.05) is 14.2 Å². The van der Waals surface area contributed by atoms with Gasteiger partial charge in [0.15, 0.2) is 0 Å². The van der Waals surface area contributed by atoms with Gasteiger partial charge in [-0.1, -0.05) is 24.3 Å². The molecule has 0 fully saturated rings. The lowest BCUT2D eigenvalue weighted by atomic mass is 9.90. The minimum Gasteiger partial charge on any atom is -0.497 e. The molecule has 0 saturated heterocycles. The minimum absolute atomic E-state index is 0.306. The van der Waals surface area contributed by atoms with Crippen molar-refractivity contribution in [1.82, 2.24) is 4.98 Å². The highest BCUT2D eigenvalue weighted by molar-refractivity contribution is 6.08. The van der Waals surface area contributed by atoms with Gasteiger partial charge in [0.1, 0.15) is 11.5 Å². The van der Waals surface area contributed by atoms with Crippen LogP contribution in [0.4, 0.5) is 26.3 Å². The number of hydrogen-bond acceptors (Lipinski definition) is 3. The van der Waals surface area contributed by atoms with Gasteiger partial charge in [-0.3, -0.25) is 0 Å². The molecule has 1 aromatic heterocycles. The van der Waals surface area contributed by atoms with Crippen molar-refractivity contribution in [2.45, 2.75) is 12.4 Å². The van der Waals surface area contributed by atoms with E-state index in [4.69, 9.17) is 14.5 Å². The fourth-order valence-corrected chi connectivity index (χ4v) is 4.53. The number of benzene rings is 4. The molecule has 4 aromatic carbocycles. The number of alkyl halides is 6. The van der Waals surface area contributed by atoms with Crippen LogP contribution in [0, 0.1) is 0 Å². The van der Waals surface area contributed by atoms with Crippen LogP contribution in [-0.2, 0) is 12.4 Å². The summed E-state index contributed by atoms with van der Waals surface area (Å²) in [4.78, 5) is 4.91. The molecule has 204 valence electrons. The van der Waals surface area contributed by atoms with Crippen molar-refractivity contribution in [3.8, 4) is 45.1 Å². The number of fused-ring (bicyclic) bond motifs is 1. The molecule has 5 rings (SSSR count). The highest BCUT2D eigenvalue weighted by atomic mass is 19.4. The Morgan fingerprint density at radius 1 is 0.500 bits per heavy atom. The van der Waals surface area contributed by atoms with Crippen LogP contribution in [0.2, 0.25) is 0 Å². The number of halogens is 6. The lowest BCUT2D eigenvalue weighted by molar-refractivity contribution is -0.138. The first-order valence-corrected chi connectivity index (χ1v) is 12.0. The number of ether oxygens (including phenoxy) is 2. The molecule has 1 heterocycles. The number of pyridine rings is 1. The van der Waals surface area contributed by atoms with E-state index in [1.807, 2.05) is 0 Å². The zero-order valence-electron chi connectivity index (χ0n) is 21.2. The maximum Gasteiger partial charge on any atom is 0.416 e. The van der Waals surface area contributed by atoms with E-state index in [0.29, 0.717) is 55.9 Å². The minimum atomic E-state index is -4.53. The van der Waals surface area contributed by atoms with Crippen molar-refractivity contribution in [1.29, 1.82) is 0 Å². The van der Waals surface area contributed by atoms with Gasteiger partial charge in [0, 0.05) is 22.1 Å². The van der Waals surface area contributed by atoms with Crippen LogP contribution in [0.1, 0.15) is 11.1 Å². The monoisotopic (exact) mass is 553 g/mol. The van der Waals surface area contributed by atoms with Crippen molar-refractivity contribution < 1.29 is 35.8 Å². The Morgan fingerprint density at radius 2 is 0.950 bits per heavy atom. The van der Waals surface area contributed by atoms with Crippen LogP contribution >= 0.6 is 0 Å². The Bertz CT molecular complexity index is 1660. The molecule has 40 heavy (non-hydrogen) atoms. The molecule has 0 bridgehead atoms. The summed E-state index contributed by atoms with van der Waals surface area (Å²) in [7, 11) is 3.03. The van der Waals surface area contributed by atoms with Gasteiger partial charge in [-0.2, -0.15) is 26.3 Å². The Morgan fingerprint density at radius 3 is 1.45 bits per heavy atom. The Hall–Kier alpha value is -4.53. The maximum absolute atomic E-state index is 13.3. The zero-order valence-corrected chi connectivity index (χ0v) is 21.2. The first-order chi connectivity index (χ1) is 19.0. The number of aromatic nitrogens is 1. The summed E-state index contributed by atoms with van der Waals surface area (Å²) in [6, 6.07) is 21.5. The van der Waals surface area contributed by atoms with Gasteiger partial charge in [-0.15, -0.1) is 0 Å². The van der Waals surface area contributed by atoms with E-state index in [1.54, 1.807) is 42.5 Å². The summed E-state index contributed by atoms with van der Waals surface area (Å²) >= 11 is 0. The second-order valence-electron chi connectivity index (χ2n) is 8.97. The molecule has 9 heteroatoms. The van der Waals surface area contributed by atoms with Gasteiger partial charge in [0.2, 0.25) is 0 Å². The first-order valence-electron chi connectivity index (χ1n) is 12.0. The van der Waals surface area contributed by atoms with Crippen molar-refractivity contribution >= 4 is 10.8 Å². The number of rotatable bonds is 5. The SMILES string of the molecule is COc1ccc(-c2nc(-c3ccc(C(F)(F)F)cc3)c(-c3ccc(C(F)(F)F)cc3)c3cc(OC)ccc23)cc1. The number of hydrogen-bond donors (Lipinski definition) is 0. The van der Waals surface area contributed by atoms with Crippen molar-refractivity contribution in [2.24, 2.45) is 0 Å².